The number of hydrogen-bond acceptors (Lipinski definition) is 4. The molecule has 0 unspecified atom stereocenters. The van der Waals surface area contributed by atoms with E-state index in [4.69, 9.17) is 18.0 Å². The Morgan fingerprint density at radius 1 is 1.50 bits per heavy atom. The Morgan fingerprint density at radius 3 is 2.75 bits per heavy atom. The highest BCUT2D eigenvalue weighted by atomic mass is 32.1. The fraction of sp³-hybridized carbons (Fsp3) is 0.545. The summed E-state index contributed by atoms with van der Waals surface area (Å²) in [6.07, 6.45) is 3.20. The first-order chi connectivity index (χ1) is 7.66. The molecule has 0 bridgehead atoms. The molecule has 0 atom stereocenters. The molecule has 0 radical (unpaired) electrons. The van der Waals surface area contributed by atoms with E-state index in [-0.39, 0.29) is 0 Å². The smallest absolute Gasteiger partial charge is 0.151 e. The molecule has 1 aliphatic carbocycles. The summed E-state index contributed by atoms with van der Waals surface area (Å²) >= 11 is 4.91. The summed E-state index contributed by atoms with van der Waals surface area (Å²) in [6.45, 7) is 2.78. The van der Waals surface area contributed by atoms with Gasteiger partial charge < -0.3 is 10.6 Å². The largest absolute Gasteiger partial charge is 0.393 e. The number of nitrogens with zero attached hydrogens (tertiary/aromatic N) is 3. The van der Waals surface area contributed by atoms with E-state index in [1.807, 2.05) is 19.1 Å². The van der Waals surface area contributed by atoms with E-state index in [9.17, 15) is 0 Å². The molecule has 0 amide bonds. The standard InChI is InChI=1S/C11H16N4S/c1-8-2-5-11(14-13-8)15(9-3-4-9)7-6-10(12)16/h2,5,9H,3-4,6-7H2,1H3,(H2,12,16). The molecule has 1 heterocycles. The molecule has 1 aromatic heterocycles. The molecule has 5 heteroatoms. The summed E-state index contributed by atoms with van der Waals surface area (Å²) < 4.78 is 0. The van der Waals surface area contributed by atoms with E-state index >= 15 is 0 Å². The molecule has 2 N–H and O–H groups in total. The number of aryl methyl sites for hydroxylation is 1. The van der Waals surface area contributed by atoms with Gasteiger partial charge in [0.25, 0.3) is 0 Å². The summed E-state index contributed by atoms with van der Waals surface area (Å²) in [6, 6.07) is 4.60. The summed E-state index contributed by atoms with van der Waals surface area (Å²) in [5.74, 6) is 0.935. The predicted molar refractivity (Wildman–Crippen MR) is 68.5 cm³/mol. The number of hydrogen-bond donors (Lipinski definition) is 1. The first kappa shape index (κ1) is 11.3. The van der Waals surface area contributed by atoms with Crippen LogP contribution in [0, 0.1) is 6.92 Å². The molecule has 0 saturated heterocycles. The SMILES string of the molecule is Cc1ccc(N(CCC(N)=S)C2CC2)nn1. The normalized spacial score (nSPS) is 14.8. The molecular weight excluding hydrogens is 220 g/mol. The van der Waals surface area contributed by atoms with Gasteiger partial charge in [0.15, 0.2) is 5.82 Å². The third kappa shape index (κ3) is 2.88. The van der Waals surface area contributed by atoms with Gasteiger partial charge in [0.2, 0.25) is 0 Å². The van der Waals surface area contributed by atoms with Gasteiger partial charge in [0.05, 0.1) is 10.7 Å². The van der Waals surface area contributed by atoms with E-state index < -0.39 is 0 Å². The first-order valence-electron chi connectivity index (χ1n) is 5.52. The van der Waals surface area contributed by atoms with Gasteiger partial charge in [-0.2, -0.15) is 5.10 Å². The lowest BCUT2D eigenvalue weighted by molar-refractivity contribution is 0.768. The van der Waals surface area contributed by atoms with Crippen molar-refractivity contribution in [1.82, 2.24) is 10.2 Å². The van der Waals surface area contributed by atoms with E-state index in [1.165, 1.54) is 12.8 Å². The summed E-state index contributed by atoms with van der Waals surface area (Å²) in [7, 11) is 0. The van der Waals surface area contributed by atoms with Crippen molar-refractivity contribution in [2.45, 2.75) is 32.2 Å². The maximum atomic E-state index is 5.53. The van der Waals surface area contributed by atoms with Gasteiger partial charge >= 0.3 is 0 Å². The second kappa shape index (κ2) is 4.74. The van der Waals surface area contributed by atoms with Crippen LogP contribution in [0.4, 0.5) is 5.82 Å². The Balaban J connectivity index is 2.06. The second-order valence-electron chi connectivity index (χ2n) is 4.17. The maximum Gasteiger partial charge on any atom is 0.151 e. The number of nitrogens with two attached hydrogens (primary N) is 1. The van der Waals surface area contributed by atoms with E-state index in [0.717, 1.165) is 24.5 Å². The fourth-order valence-electron chi connectivity index (χ4n) is 1.65. The molecule has 0 spiro atoms. The molecule has 2 rings (SSSR count). The van der Waals surface area contributed by atoms with Crippen LogP contribution >= 0.6 is 12.2 Å². The minimum Gasteiger partial charge on any atom is -0.393 e. The topological polar surface area (TPSA) is 55.0 Å². The lowest BCUT2D eigenvalue weighted by Gasteiger charge is -2.22. The van der Waals surface area contributed by atoms with Gasteiger partial charge in [-0.05, 0) is 31.9 Å². The molecule has 4 nitrogen and oxygen atoms in total. The van der Waals surface area contributed by atoms with Crippen molar-refractivity contribution < 1.29 is 0 Å². The maximum absolute atomic E-state index is 5.53. The number of rotatable bonds is 5. The number of aromatic nitrogens is 2. The van der Waals surface area contributed by atoms with Gasteiger partial charge in [-0.3, -0.25) is 0 Å². The highest BCUT2D eigenvalue weighted by molar-refractivity contribution is 7.80. The minimum absolute atomic E-state index is 0.561. The van der Waals surface area contributed by atoms with Crippen molar-refractivity contribution in [2.75, 3.05) is 11.4 Å². The monoisotopic (exact) mass is 236 g/mol. The zero-order chi connectivity index (χ0) is 11.5. The molecular formula is C11H16N4S. The van der Waals surface area contributed by atoms with Crippen molar-refractivity contribution >= 4 is 23.0 Å². The zero-order valence-corrected chi connectivity index (χ0v) is 10.2. The van der Waals surface area contributed by atoms with Crippen LogP contribution in [0.5, 0.6) is 0 Å². The van der Waals surface area contributed by atoms with Gasteiger partial charge in [-0.1, -0.05) is 12.2 Å². The lowest BCUT2D eigenvalue weighted by atomic mass is 10.3. The molecule has 16 heavy (non-hydrogen) atoms. The van der Waals surface area contributed by atoms with Crippen LogP contribution in [0.2, 0.25) is 0 Å². The molecule has 1 saturated carbocycles. The Labute approximate surface area is 101 Å². The van der Waals surface area contributed by atoms with Crippen LogP contribution in [-0.4, -0.2) is 27.8 Å². The van der Waals surface area contributed by atoms with Crippen molar-refractivity contribution in [3.8, 4) is 0 Å². The van der Waals surface area contributed by atoms with Gasteiger partial charge in [-0.15, -0.1) is 5.10 Å². The Bertz CT molecular complexity index is 372. The zero-order valence-electron chi connectivity index (χ0n) is 9.39. The third-order valence-corrected chi connectivity index (χ3v) is 2.87. The molecule has 0 aromatic carbocycles. The average Bonchev–Trinajstić information content (AvgIpc) is 3.04. The van der Waals surface area contributed by atoms with Gasteiger partial charge in [0, 0.05) is 19.0 Å². The molecule has 1 aliphatic rings. The van der Waals surface area contributed by atoms with E-state index in [1.54, 1.807) is 0 Å². The lowest BCUT2D eigenvalue weighted by Crippen LogP contribution is -2.30. The molecule has 1 fully saturated rings. The summed E-state index contributed by atoms with van der Waals surface area (Å²) in [5.41, 5.74) is 6.47. The average molecular weight is 236 g/mol. The Kier molecular flexibility index (Phi) is 3.33. The molecule has 1 aromatic rings. The fourth-order valence-corrected chi connectivity index (χ4v) is 1.74. The van der Waals surface area contributed by atoms with Gasteiger partial charge in [-0.25, -0.2) is 0 Å². The first-order valence-corrected chi connectivity index (χ1v) is 5.93. The van der Waals surface area contributed by atoms with Crippen LogP contribution in [0.3, 0.4) is 0 Å². The number of anilines is 1. The van der Waals surface area contributed by atoms with Crippen molar-refractivity contribution in [1.29, 1.82) is 0 Å². The molecule has 86 valence electrons. The van der Waals surface area contributed by atoms with Crippen molar-refractivity contribution in [3.05, 3.63) is 17.8 Å². The Hall–Kier alpha value is -1.23. The van der Waals surface area contributed by atoms with Gasteiger partial charge in [0.1, 0.15) is 0 Å². The third-order valence-electron chi connectivity index (χ3n) is 2.66. The van der Waals surface area contributed by atoms with E-state index in [0.29, 0.717) is 11.0 Å². The minimum atomic E-state index is 0.561. The van der Waals surface area contributed by atoms with Crippen LogP contribution in [0.1, 0.15) is 25.0 Å². The van der Waals surface area contributed by atoms with Crippen LogP contribution in [0.15, 0.2) is 12.1 Å². The quantitative estimate of drug-likeness (QED) is 0.784. The molecule has 0 aliphatic heterocycles. The highest BCUT2D eigenvalue weighted by Gasteiger charge is 2.29. The van der Waals surface area contributed by atoms with E-state index in [2.05, 4.69) is 15.1 Å². The van der Waals surface area contributed by atoms with Crippen molar-refractivity contribution in [3.63, 3.8) is 0 Å². The highest BCUT2D eigenvalue weighted by Crippen LogP contribution is 2.30. The van der Waals surface area contributed by atoms with Crippen LogP contribution in [-0.2, 0) is 0 Å². The van der Waals surface area contributed by atoms with Crippen LogP contribution in [0.25, 0.3) is 0 Å². The Morgan fingerprint density at radius 2 is 2.25 bits per heavy atom. The summed E-state index contributed by atoms with van der Waals surface area (Å²) in [4.78, 5) is 2.82. The summed E-state index contributed by atoms with van der Waals surface area (Å²) in [5, 5.41) is 8.29. The predicted octanol–water partition coefficient (Wildman–Crippen LogP) is 1.43. The van der Waals surface area contributed by atoms with Crippen LogP contribution < -0.4 is 10.6 Å². The second-order valence-corrected chi connectivity index (χ2v) is 4.70. The van der Waals surface area contributed by atoms with Crippen molar-refractivity contribution in [2.24, 2.45) is 5.73 Å². The number of thiocarbonyl (C=S) groups is 1.